The van der Waals surface area contributed by atoms with Crippen molar-refractivity contribution < 1.29 is 4.74 Å². The standard InChI is InChI=1S/C15H21NO/c1-3-14-8-4-5-9-15(14)17-13(2)12-16-10-6-7-11-16/h3-5,8-9,13H,1,6-7,10-12H2,2H3. The molecule has 1 aliphatic rings. The monoisotopic (exact) mass is 231 g/mol. The quantitative estimate of drug-likeness (QED) is 0.771. The topological polar surface area (TPSA) is 12.5 Å². The number of likely N-dealkylation sites (tertiary alicyclic amines) is 1. The fourth-order valence-corrected chi connectivity index (χ4v) is 2.34. The molecular weight excluding hydrogens is 210 g/mol. The van der Waals surface area contributed by atoms with Crippen LogP contribution in [-0.2, 0) is 0 Å². The number of hydrogen-bond donors (Lipinski definition) is 0. The Bertz CT molecular complexity index is 369. The average molecular weight is 231 g/mol. The summed E-state index contributed by atoms with van der Waals surface area (Å²) in [6.07, 6.45) is 4.73. The second-order valence-electron chi connectivity index (χ2n) is 4.68. The molecule has 1 aliphatic heterocycles. The Balaban J connectivity index is 1.92. The van der Waals surface area contributed by atoms with Gasteiger partial charge in [-0.25, -0.2) is 0 Å². The lowest BCUT2D eigenvalue weighted by molar-refractivity contribution is 0.162. The molecular formula is C15H21NO. The fourth-order valence-electron chi connectivity index (χ4n) is 2.34. The Labute approximate surface area is 104 Å². The zero-order chi connectivity index (χ0) is 12.1. The van der Waals surface area contributed by atoms with Crippen LogP contribution in [0.4, 0.5) is 0 Å². The van der Waals surface area contributed by atoms with Crippen LogP contribution in [0.3, 0.4) is 0 Å². The van der Waals surface area contributed by atoms with Crippen molar-refractivity contribution >= 4 is 6.08 Å². The lowest BCUT2D eigenvalue weighted by atomic mass is 10.2. The first-order valence-corrected chi connectivity index (χ1v) is 6.40. The third-order valence-corrected chi connectivity index (χ3v) is 3.18. The van der Waals surface area contributed by atoms with Crippen LogP contribution >= 0.6 is 0 Å². The third kappa shape index (κ3) is 3.34. The van der Waals surface area contributed by atoms with Gasteiger partial charge in [0.1, 0.15) is 11.9 Å². The summed E-state index contributed by atoms with van der Waals surface area (Å²) in [5, 5.41) is 0. The molecule has 2 heteroatoms. The smallest absolute Gasteiger partial charge is 0.126 e. The van der Waals surface area contributed by atoms with Gasteiger partial charge in [0.25, 0.3) is 0 Å². The molecule has 1 atom stereocenters. The zero-order valence-electron chi connectivity index (χ0n) is 10.6. The number of ether oxygens (including phenoxy) is 1. The molecule has 0 amide bonds. The maximum absolute atomic E-state index is 5.99. The Morgan fingerprint density at radius 1 is 1.35 bits per heavy atom. The molecule has 17 heavy (non-hydrogen) atoms. The summed E-state index contributed by atoms with van der Waals surface area (Å²) in [6, 6.07) is 8.06. The van der Waals surface area contributed by atoms with Gasteiger partial charge < -0.3 is 4.74 Å². The van der Waals surface area contributed by atoms with E-state index in [4.69, 9.17) is 4.74 Å². The Hall–Kier alpha value is -1.28. The van der Waals surface area contributed by atoms with Crippen LogP contribution in [-0.4, -0.2) is 30.6 Å². The van der Waals surface area contributed by atoms with Crippen molar-refractivity contribution in [2.24, 2.45) is 0 Å². The van der Waals surface area contributed by atoms with E-state index >= 15 is 0 Å². The van der Waals surface area contributed by atoms with Crippen molar-refractivity contribution in [3.63, 3.8) is 0 Å². The van der Waals surface area contributed by atoms with E-state index in [1.165, 1.54) is 25.9 Å². The zero-order valence-corrected chi connectivity index (χ0v) is 10.6. The van der Waals surface area contributed by atoms with Crippen LogP contribution in [0.1, 0.15) is 25.3 Å². The van der Waals surface area contributed by atoms with Crippen molar-refractivity contribution in [1.82, 2.24) is 4.90 Å². The minimum absolute atomic E-state index is 0.231. The number of para-hydroxylation sites is 1. The lowest BCUT2D eigenvalue weighted by Gasteiger charge is -2.22. The molecule has 1 saturated heterocycles. The van der Waals surface area contributed by atoms with Crippen LogP contribution in [0.2, 0.25) is 0 Å². The first-order valence-electron chi connectivity index (χ1n) is 6.40. The van der Waals surface area contributed by atoms with Gasteiger partial charge in [-0.15, -0.1) is 0 Å². The summed E-state index contributed by atoms with van der Waals surface area (Å²) in [6.45, 7) is 9.41. The average Bonchev–Trinajstić information content (AvgIpc) is 2.82. The van der Waals surface area contributed by atoms with Gasteiger partial charge in [-0.2, -0.15) is 0 Å². The van der Waals surface area contributed by atoms with Crippen LogP contribution in [0.15, 0.2) is 30.8 Å². The van der Waals surface area contributed by atoms with Gasteiger partial charge in [0.15, 0.2) is 0 Å². The highest BCUT2D eigenvalue weighted by atomic mass is 16.5. The molecule has 0 N–H and O–H groups in total. The van der Waals surface area contributed by atoms with E-state index in [0.29, 0.717) is 0 Å². The number of benzene rings is 1. The minimum atomic E-state index is 0.231. The van der Waals surface area contributed by atoms with Gasteiger partial charge in [0, 0.05) is 12.1 Å². The summed E-state index contributed by atoms with van der Waals surface area (Å²) < 4.78 is 5.99. The van der Waals surface area contributed by atoms with E-state index in [1.807, 2.05) is 30.3 Å². The normalized spacial score (nSPS) is 17.9. The maximum Gasteiger partial charge on any atom is 0.126 e. The molecule has 2 rings (SSSR count). The second-order valence-corrected chi connectivity index (χ2v) is 4.68. The molecule has 0 aromatic heterocycles. The molecule has 1 fully saturated rings. The Morgan fingerprint density at radius 2 is 2.06 bits per heavy atom. The third-order valence-electron chi connectivity index (χ3n) is 3.18. The van der Waals surface area contributed by atoms with E-state index in [-0.39, 0.29) is 6.10 Å². The first kappa shape index (κ1) is 12.2. The number of rotatable bonds is 5. The van der Waals surface area contributed by atoms with E-state index in [9.17, 15) is 0 Å². The predicted molar refractivity (Wildman–Crippen MR) is 72.3 cm³/mol. The molecule has 0 saturated carbocycles. The van der Waals surface area contributed by atoms with Gasteiger partial charge in [0.05, 0.1) is 0 Å². The molecule has 1 aromatic carbocycles. The molecule has 1 heterocycles. The molecule has 0 radical (unpaired) electrons. The van der Waals surface area contributed by atoms with Crippen LogP contribution < -0.4 is 4.74 Å². The molecule has 1 unspecified atom stereocenters. The van der Waals surface area contributed by atoms with E-state index in [1.54, 1.807) is 0 Å². The summed E-state index contributed by atoms with van der Waals surface area (Å²) in [5.74, 6) is 0.939. The Kier molecular flexibility index (Phi) is 4.21. The van der Waals surface area contributed by atoms with Gasteiger partial charge in [-0.05, 0) is 38.9 Å². The van der Waals surface area contributed by atoms with Crippen LogP contribution in [0, 0.1) is 0 Å². The molecule has 0 spiro atoms. The van der Waals surface area contributed by atoms with E-state index in [0.717, 1.165) is 17.9 Å². The van der Waals surface area contributed by atoms with Crippen molar-refractivity contribution in [3.8, 4) is 5.75 Å². The lowest BCUT2D eigenvalue weighted by Crippen LogP contribution is -2.31. The minimum Gasteiger partial charge on any atom is -0.489 e. The highest BCUT2D eigenvalue weighted by molar-refractivity contribution is 5.55. The predicted octanol–water partition coefficient (Wildman–Crippen LogP) is 3.19. The summed E-state index contributed by atoms with van der Waals surface area (Å²) in [4.78, 5) is 2.47. The molecule has 2 nitrogen and oxygen atoms in total. The fraction of sp³-hybridized carbons (Fsp3) is 0.467. The highest BCUT2D eigenvalue weighted by Crippen LogP contribution is 2.20. The van der Waals surface area contributed by atoms with Crippen LogP contribution in [0.5, 0.6) is 5.75 Å². The van der Waals surface area contributed by atoms with Gasteiger partial charge in [0.2, 0.25) is 0 Å². The van der Waals surface area contributed by atoms with Crippen molar-refractivity contribution in [3.05, 3.63) is 36.4 Å². The van der Waals surface area contributed by atoms with Crippen molar-refractivity contribution in [1.29, 1.82) is 0 Å². The summed E-state index contributed by atoms with van der Waals surface area (Å²) in [7, 11) is 0. The summed E-state index contributed by atoms with van der Waals surface area (Å²) in [5.41, 5.74) is 1.07. The number of nitrogens with zero attached hydrogens (tertiary/aromatic N) is 1. The SMILES string of the molecule is C=Cc1ccccc1OC(C)CN1CCCC1. The van der Waals surface area contributed by atoms with Gasteiger partial charge in [-0.3, -0.25) is 4.90 Å². The summed E-state index contributed by atoms with van der Waals surface area (Å²) >= 11 is 0. The molecule has 1 aromatic rings. The first-order chi connectivity index (χ1) is 8.29. The van der Waals surface area contributed by atoms with Crippen molar-refractivity contribution in [2.75, 3.05) is 19.6 Å². The highest BCUT2D eigenvalue weighted by Gasteiger charge is 2.15. The Morgan fingerprint density at radius 3 is 2.76 bits per heavy atom. The maximum atomic E-state index is 5.99. The van der Waals surface area contributed by atoms with E-state index < -0.39 is 0 Å². The molecule has 92 valence electrons. The van der Waals surface area contributed by atoms with E-state index in [2.05, 4.69) is 18.4 Å². The van der Waals surface area contributed by atoms with Crippen molar-refractivity contribution in [2.45, 2.75) is 25.9 Å². The van der Waals surface area contributed by atoms with Crippen LogP contribution in [0.25, 0.3) is 6.08 Å². The largest absolute Gasteiger partial charge is 0.489 e. The second kappa shape index (κ2) is 5.87. The number of hydrogen-bond acceptors (Lipinski definition) is 2. The van der Waals surface area contributed by atoms with Gasteiger partial charge >= 0.3 is 0 Å². The van der Waals surface area contributed by atoms with Gasteiger partial charge in [-0.1, -0.05) is 30.9 Å². The molecule has 0 bridgehead atoms. The molecule has 0 aliphatic carbocycles.